The lowest BCUT2D eigenvalue weighted by Gasteiger charge is -2.24. The molecule has 0 bridgehead atoms. The predicted molar refractivity (Wildman–Crippen MR) is 94.4 cm³/mol. The van der Waals surface area contributed by atoms with E-state index in [4.69, 9.17) is 10.5 Å². The highest BCUT2D eigenvalue weighted by Gasteiger charge is 2.28. The fourth-order valence-corrected chi connectivity index (χ4v) is 2.68. The van der Waals surface area contributed by atoms with E-state index < -0.39 is 12.2 Å². The zero-order valence-electron chi connectivity index (χ0n) is 13.1. The molecule has 6 heteroatoms. The zero-order chi connectivity index (χ0) is 16.2. The maximum Gasteiger partial charge on any atom is 0.229 e. The SMILES string of the molecule is Cl.NC(CC(=O)N1CC(F)COc2ccccc21)c1ccccc1. The fourth-order valence-electron chi connectivity index (χ4n) is 2.68. The van der Waals surface area contributed by atoms with Crippen LogP contribution in [-0.4, -0.2) is 25.2 Å². The standard InChI is InChI=1S/C18H19FN2O2.ClH/c19-14-11-21(16-8-4-5-9-17(16)23-12-14)18(22)10-15(20)13-6-2-1-3-7-13;/h1-9,14-15H,10-12,20H2;1H. The Labute approximate surface area is 146 Å². The summed E-state index contributed by atoms with van der Waals surface area (Å²) < 4.78 is 19.4. The van der Waals surface area contributed by atoms with Crippen LogP contribution in [0.15, 0.2) is 54.6 Å². The van der Waals surface area contributed by atoms with Crippen LogP contribution in [0.4, 0.5) is 10.1 Å². The Balaban J connectivity index is 0.00000208. The second-order valence-corrected chi connectivity index (χ2v) is 5.60. The number of hydrogen-bond acceptors (Lipinski definition) is 3. The Morgan fingerprint density at radius 2 is 1.88 bits per heavy atom. The number of rotatable bonds is 3. The van der Waals surface area contributed by atoms with Gasteiger partial charge in [-0.2, -0.15) is 0 Å². The molecule has 24 heavy (non-hydrogen) atoms. The number of benzene rings is 2. The quantitative estimate of drug-likeness (QED) is 0.924. The van der Waals surface area contributed by atoms with Gasteiger partial charge in [0.15, 0.2) is 6.17 Å². The Bertz CT molecular complexity index is 684. The number of carbonyl (C=O) groups is 1. The maximum absolute atomic E-state index is 13.9. The van der Waals surface area contributed by atoms with Crippen molar-refractivity contribution < 1.29 is 13.9 Å². The van der Waals surface area contributed by atoms with Crippen molar-refractivity contribution in [2.45, 2.75) is 18.6 Å². The largest absolute Gasteiger partial charge is 0.488 e. The second kappa shape index (κ2) is 8.13. The summed E-state index contributed by atoms with van der Waals surface area (Å²) in [6, 6.07) is 16.1. The van der Waals surface area contributed by atoms with E-state index in [1.54, 1.807) is 24.3 Å². The molecule has 0 aromatic heterocycles. The Hall–Kier alpha value is -2.11. The first-order chi connectivity index (χ1) is 11.1. The molecule has 2 N–H and O–H groups in total. The predicted octanol–water partition coefficient (Wildman–Crippen LogP) is 3.26. The first kappa shape index (κ1) is 18.2. The third-order valence-electron chi connectivity index (χ3n) is 3.88. The molecule has 0 fully saturated rings. The molecule has 1 amide bonds. The molecule has 2 atom stereocenters. The summed E-state index contributed by atoms with van der Waals surface area (Å²) in [7, 11) is 0. The van der Waals surface area contributed by atoms with Crippen molar-refractivity contribution in [3.8, 4) is 5.75 Å². The molecule has 128 valence electrons. The summed E-state index contributed by atoms with van der Waals surface area (Å²) in [5, 5.41) is 0. The second-order valence-electron chi connectivity index (χ2n) is 5.60. The van der Waals surface area contributed by atoms with Crippen LogP contribution in [0.25, 0.3) is 0 Å². The van der Waals surface area contributed by atoms with Crippen molar-refractivity contribution in [3.05, 3.63) is 60.2 Å². The Morgan fingerprint density at radius 1 is 1.21 bits per heavy atom. The molecule has 0 aliphatic carbocycles. The number of ether oxygens (including phenoxy) is 1. The highest BCUT2D eigenvalue weighted by molar-refractivity contribution is 5.95. The maximum atomic E-state index is 13.9. The van der Waals surface area contributed by atoms with Gasteiger partial charge in [-0.1, -0.05) is 42.5 Å². The number of carbonyl (C=O) groups excluding carboxylic acids is 1. The molecule has 4 nitrogen and oxygen atoms in total. The Morgan fingerprint density at radius 3 is 2.62 bits per heavy atom. The number of alkyl halides is 1. The van der Waals surface area contributed by atoms with E-state index in [0.717, 1.165) is 5.56 Å². The summed E-state index contributed by atoms with van der Waals surface area (Å²) in [5.74, 6) is 0.316. The molecular formula is C18H20ClFN2O2. The average Bonchev–Trinajstić information content (AvgIpc) is 2.75. The first-order valence-corrected chi connectivity index (χ1v) is 7.62. The average molecular weight is 351 g/mol. The van der Waals surface area contributed by atoms with Gasteiger partial charge in [0.1, 0.15) is 12.4 Å². The zero-order valence-corrected chi connectivity index (χ0v) is 13.9. The first-order valence-electron chi connectivity index (χ1n) is 7.62. The Kier molecular flexibility index (Phi) is 6.17. The number of hydrogen-bond donors (Lipinski definition) is 1. The molecule has 3 rings (SSSR count). The molecule has 2 aromatic rings. The van der Waals surface area contributed by atoms with Crippen molar-refractivity contribution in [3.63, 3.8) is 0 Å². The van der Waals surface area contributed by atoms with E-state index in [9.17, 15) is 9.18 Å². The number of fused-ring (bicyclic) bond motifs is 1. The van der Waals surface area contributed by atoms with E-state index in [2.05, 4.69) is 0 Å². The van der Waals surface area contributed by atoms with E-state index in [0.29, 0.717) is 11.4 Å². The number of nitrogens with two attached hydrogens (primary N) is 1. The van der Waals surface area contributed by atoms with Gasteiger partial charge in [-0.05, 0) is 17.7 Å². The van der Waals surface area contributed by atoms with Crippen molar-refractivity contribution >= 4 is 24.0 Å². The monoisotopic (exact) mass is 350 g/mol. The summed E-state index contributed by atoms with van der Waals surface area (Å²) in [5.41, 5.74) is 7.61. The van der Waals surface area contributed by atoms with Gasteiger partial charge in [-0.15, -0.1) is 12.4 Å². The summed E-state index contributed by atoms with van der Waals surface area (Å²) >= 11 is 0. The van der Waals surface area contributed by atoms with Crippen molar-refractivity contribution in [2.75, 3.05) is 18.1 Å². The molecule has 1 heterocycles. The number of anilines is 1. The molecule has 1 aliphatic rings. The molecule has 1 aliphatic heterocycles. The van der Waals surface area contributed by atoms with Crippen LogP contribution in [0.5, 0.6) is 5.75 Å². The van der Waals surface area contributed by atoms with Crippen molar-refractivity contribution in [1.29, 1.82) is 0 Å². The summed E-state index contributed by atoms with van der Waals surface area (Å²) in [4.78, 5) is 14.1. The molecule has 0 spiro atoms. The molecule has 0 saturated heterocycles. The number of nitrogens with zero attached hydrogens (tertiary/aromatic N) is 1. The van der Waals surface area contributed by atoms with Crippen molar-refractivity contribution in [2.24, 2.45) is 5.73 Å². The van der Waals surface area contributed by atoms with E-state index in [-0.39, 0.29) is 37.9 Å². The van der Waals surface area contributed by atoms with Crippen LogP contribution < -0.4 is 15.4 Å². The molecule has 0 saturated carbocycles. The summed E-state index contributed by atoms with van der Waals surface area (Å²) in [6.07, 6.45) is -1.11. The van der Waals surface area contributed by atoms with Gasteiger partial charge in [0.2, 0.25) is 5.91 Å². The van der Waals surface area contributed by atoms with E-state index in [1.165, 1.54) is 4.90 Å². The lowest BCUT2D eigenvalue weighted by atomic mass is 10.0. The van der Waals surface area contributed by atoms with Crippen LogP contribution in [0.1, 0.15) is 18.0 Å². The van der Waals surface area contributed by atoms with Gasteiger partial charge in [-0.3, -0.25) is 4.79 Å². The van der Waals surface area contributed by atoms with E-state index in [1.807, 2.05) is 30.3 Å². The highest BCUT2D eigenvalue weighted by Crippen LogP contribution is 2.32. The minimum Gasteiger partial charge on any atom is -0.488 e. The molecule has 2 unspecified atom stereocenters. The molecular weight excluding hydrogens is 331 g/mol. The minimum absolute atomic E-state index is 0. The van der Waals surface area contributed by atoms with Gasteiger partial charge in [0.25, 0.3) is 0 Å². The highest BCUT2D eigenvalue weighted by atomic mass is 35.5. The van der Waals surface area contributed by atoms with Crippen LogP contribution >= 0.6 is 12.4 Å². The third-order valence-corrected chi connectivity index (χ3v) is 3.88. The normalized spacial score (nSPS) is 17.8. The smallest absolute Gasteiger partial charge is 0.229 e. The topological polar surface area (TPSA) is 55.6 Å². The van der Waals surface area contributed by atoms with Gasteiger partial charge in [0, 0.05) is 12.5 Å². The minimum atomic E-state index is -1.22. The number of para-hydroxylation sites is 2. The molecule has 0 radical (unpaired) electrons. The fraction of sp³-hybridized carbons (Fsp3) is 0.278. The van der Waals surface area contributed by atoms with Gasteiger partial charge in [0.05, 0.1) is 12.2 Å². The lowest BCUT2D eigenvalue weighted by Crippen LogP contribution is -2.37. The van der Waals surface area contributed by atoms with Gasteiger partial charge in [-0.25, -0.2) is 4.39 Å². The van der Waals surface area contributed by atoms with Crippen LogP contribution in [-0.2, 0) is 4.79 Å². The van der Waals surface area contributed by atoms with Gasteiger partial charge >= 0.3 is 0 Å². The van der Waals surface area contributed by atoms with Crippen molar-refractivity contribution in [1.82, 2.24) is 0 Å². The van der Waals surface area contributed by atoms with Gasteiger partial charge < -0.3 is 15.4 Å². The number of halogens is 2. The van der Waals surface area contributed by atoms with Crippen LogP contribution in [0.2, 0.25) is 0 Å². The summed E-state index contributed by atoms with van der Waals surface area (Å²) in [6.45, 7) is -0.0666. The lowest BCUT2D eigenvalue weighted by molar-refractivity contribution is -0.119. The number of amides is 1. The van der Waals surface area contributed by atoms with E-state index >= 15 is 0 Å². The molecule has 2 aromatic carbocycles. The van der Waals surface area contributed by atoms with Crippen LogP contribution in [0.3, 0.4) is 0 Å². The third kappa shape index (κ3) is 4.04. The van der Waals surface area contributed by atoms with Crippen LogP contribution in [0, 0.1) is 0 Å².